The van der Waals surface area contributed by atoms with Crippen LogP contribution in [0.1, 0.15) is 39.1 Å². The van der Waals surface area contributed by atoms with Gasteiger partial charge in [-0.2, -0.15) is 0 Å². The molecule has 2 aromatic heterocycles. The zero-order valence-electron chi connectivity index (χ0n) is 31.5. The highest BCUT2D eigenvalue weighted by atomic mass is 16.5. The van der Waals surface area contributed by atoms with Crippen LogP contribution in [0.5, 0.6) is 11.5 Å². The first-order valence-corrected chi connectivity index (χ1v) is 17.9. The average molecular weight is 756 g/mol. The van der Waals surface area contributed by atoms with E-state index in [0.717, 1.165) is 27.0 Å². The van der Waals surface area contributed by atoms with E-state index < -0.39 is 29.7 Å². The second-order valence-electron chi connectivity index (χ2n) is 13.4. The number of hydrogen-bond acceptors (Lipinski definition) is 13. The van der Waals surface area contributed by atoms with Crippen LogP contribution in [0.3, 0.4) is 0 Å². The van der Waals surface area contributed by atoms with Crippen molar-refractivity contribution in [2.24, 2.45) is 7.05 Å². The maximum absolute atomic E-state index is 13.3. The SMILES string of the molecule is COc1cc(-c2cn(C)c(=O)c3cnc(NCCOCCOCCNc4cccc5c4C(=O)N(C4CCC(=O)NC4=O)C5=O)cc23)cc(OC)c1CN(C)C. The van der Waals surface area contributed by atoms with Crippen LogP contribution in [0.15, 0.2) is 53.6 Å². The first-order chi connectivity index (χ1) is 26.5. The van der Waals surface area contributed by atoms with Crippen LogP contribution >= 0.6 is 0 Å². The van der Waals surface area contributed by atoms with Crippen molar-refractivity contribution in [3.8, 4) is 22.6 Å². The largest absolute Gasteiger partial charge is 0.496 e. The number of fused-ring (bicyclic) bond motifs is 2. The molecule has 1 unspecified atom stereocenters. The van der Waals surface area contributed by atoms with Gasteiger partial charge in [-0.25, -0.2) is 4.98 Å². The Labute approximate surface area is 317 Å². The van der Waals surface area contributed by atoms with Crippen LogP contribution in [0, 0.1) is 0 Å². The number of aryl methyl sites for hydroxylation is 1. The Morgan fingerprint density at radius 3 is 2.22 bits per heavy atom. The predicted molar refractivity (Wildman–Crippen MR) is 205 cm³/mol. The summed E-state index contributed by atoms with van der Waals surface area (Å²) in [7, 11) is 8.92. The van der Waals surface area contributed by atoms with Gasteiger partial charge >= 0.3 is 0 Å². The first-order valence-electron chi connectivity index (χ1n) is 17.9. The van der Waals surface area contributed by atoms with Gasteiger partial charge in [0.2, 0.25) is 11.8 Å². The molecule has 6 rings (SSSR count). The van der Waals surface area contributed by atoms with Crippen molar-refractivity contribution < 1.29 is 38.1 Å². The number of carbonyl (C=O) groups excluding carboxylic acids is 4. The van der Waals surface area contributed by atoms with Gasteiger partial charge in [0.05, 0.1) is 62.7 Å². The number of anilines is 2. The fourth-order valence-electron chi connectivity index (χ4n) is 6.79. The molecule has 1 atom stereocenters. The molecule has 2 aromatic carbocycles. The number of aromatic nitrogens is 2. The molecule has 2 aliphatic rings. The molecule has 0 aliphatic carbocycles. The zero-order valence-corrected chi connectivity index (χ0v) is 31.5. The van der Waals surface area contributed by atoms with Crippen molar-refractivity contribution in [2.45, 2.75) is 25.4 Å². The molecular weight excluding hydrogens is 710 g/mol. The second kappa shape index (κ2) is 17.1. The summed E-state index contributed by atoms with van der Waals surface area (Å²) in [6, 6.07) is 9.64. The van der Waals surface area contributed by atoms with E-state index >= 15 is 0 Å². The van der Waals surface area contributed by atoms with Crippen molar-refractivity contribution in [3.63, 3.8) is 0 Å². The van der Waals surface area contributed by atoms with Crippen LogP contribution in [0.4, 0.5) is 11.5 Å². The minimum atomic E-state index is -1.03. The van der Waals surface area contributed by atoms with Crippen LogP contribution in [-0.2, 0) is 32.7 Å². The Kier molecular flexibility index (Phi) is 12.1. The van der Waals surface area contributed by atoms with Gasteiger partial charge < -0.3 is 39.0 Å². The number of rotatable bonds is 17. The number of hydrogen-bond donors (Lipinski definition) is 3. The molecule has 0 bridgehead atoms. The van der Waals surface area contributed by atoms with E-state index in [4.69, 9.17) is 18.9 Å². The van der Waals surface area contributed by atoms with Gasteiger partial charge in [-0.1, -0.05) is 6.07 Å². The van der Waals surface area contributed by atoms with E-state index in [2.05, 4.69) is 20.9 Å². The summed E-state index contributed by atoms with van der Waals surface area (Å²) in [5.41, 5.74) is 3.29. The number of nitrogens with one attached hydrogen (secondary N) is 3. The van der Waals surface area contributed by atoms with E-state index in [0.29, 0.717) is 74.5 Å². The van der Waals surface area contributed by atoms with Gasteiger partial charge in [-0.05, 0) is 56.4 Å². The fraction of sp³-hybridized carbons (Fsp3) is 0.385. The third kappa shape index (κ3) is 8.30. The van der Waals surface area contributed by atoms with Crippen LogP contribution < -0.4 is 31.0 Å². The minimum absolute atomic E-state index is 0.0548. The molecule has 4 amide bonds. The lowest BCUT2D eigenvalue weighted by atomic mass is 9.98. The van der Waals surface area contributed by atoms with E-state index in [-0.39, 0.29) is 29.5 Å². The Morgan fingerprint density at radius 1 is 0.873 bits per heavy atom. The number of pyridine rings is 2. The van der Waals surface area contributed by atoms with Crippen LogP contribution in [0.25, 0.3) is 21.9 Å². The van der Waals surface area contributed by atoms with E-state index in [1.54, 1.807) is 56.4 Å². The van der Waals surface area contributed by atoms with Crippen LogP contribution in [0.2, 0.25) is 0 Å². The molecule has 55 heavy (non-hydrogen) atoms. The third-order valence-electron chi connectivity index (χ3n) is 9.42. The highest BCUT2D eigenvalue weighted by molar-refractivity contribution is 6.25. The highest BCUT2D eigenvalue weighted by Gasteiger charge is 2.45. The monoisotopic (exact) mass is 755 g/mol. The lowest BCUT2D eigenvalue weighted by Crippen LogP contribution is -2.54. The molecule has 290 valence electrons. The lowest BCUT2D eigenvalue weighted by molar-refractivity contribution is -0.136. The number of ether oxygens (including phenoxy) is 4. The Balaban J connectivity index is 0.985. The summed E-state index contributed by atoms with van der Waals surface area (Å²) < 4.78 is 24.5. The van der Waals surface area contributed by atoms with Gasteiger partial charge in [0.15, 0.2) is 0 Å². The number of nitrogens with zero attached hydrogens (tertiary/aromatic N) is 4. The summed E-state index contributed by atoms with van der Waals surface area (Å²) in [5, 5.41) is 9.83. The Morgan fingerprint density at radius 2 is 1.56 bits per heavy atom. The van der Waals surface area contributed by atoms with Gasteiger partial charge in [0, 0.05) is 62.1 Å². The van der Waals surface area contributed by atoms with E-state index in [9.17, 15) is 24.0 Å². The van der Waals surface area contributed by atoms with Crippen molar-refractivity contribution in [3.05, 3.63) is 75.8 Å². The summed E-state index contributed by atoms with van der Waals surface area (Å²) in [4.78, 5) is 70.8. The highest BCUT2D eigenvalue weighted by Crippen LogP contribution is 2.38. The second-order valence-corrected chi connectivity index (χ2v) is 13.4. The maximum atomic E-state index is 13.3. The number of carbonyl (C=O) groups is 4. The molecule has 3 N–H and O–H groups in total. The normalized spacial score (nSPS) is 15.5. The maximum Gasteiger partial charge on any atom is 0.264 e. The number of amides is 4. The zero-order chi connectivity index (χ0) is 39.2. The molecule has 1 saturated heterocycles. The lowest BCUT2D eigenvalue weighted by Gasteiger charge is -2.27. The smallest absolute Gasteiger partial charge is 0.264 e. The number of piperidine rings is 1. The molecule has 0 spiro atoms. The Bertz CT molecular complexity index is 2160. The number of imide groups is 2. The van der Waals surface area contributed by atoms with Gasteiger partial charge in [-0.15, -0.1) is 0 Å². The van der Waals surface area contributed by atoms with Gasteiger partial charge in [0.25, 0.3) is 17.4 Å². The van der Waals surface area contributed by atoms with Crippen molar-refractivity contribution in [1.29, 1.82) is 0 Å². The number of methoxy groups -OCH3 is 2. The molecule has 16 heteroatoms. The molecule has 0 saturated carbocycles. The molecule has 2 aliphatic heterocycles. The van der Waals surface area contributed by atoms with E-state index in [1.165, 1.54) is 0 Å². The molecule has 4 aromatic rings. The van der Waals surface area contributed by atoms with Crippen molar-refractivity contribution in [1.82, 2.24) is 24.7 Å². The average Bonchev–Trinajstić information content (AvgIpc) is 3.42. The summed E-state index contributed by atoms with van der Waals surface area (Å²) in [6.07, 6.45) is 3.53. The standard InChI is InChI=1S/C39H45N7O9/c1-44(2)21-28-31(52-4)17-23(18-32(28)53-5)27-22-45(3)37(49)26-20-42-33(19-25(26)27)41-12-14-55-16-15-54-13-11-40-29-8-6-7-24-35(29)39(51)46(38(24)50)30-9-10-34(47)43-36(30)48/h6-8,17-20,22,30,40H,9-16,21H2,1-5H3,(H,41,42)(H,43,47,48). The molecular formula is C39H45N7O9. The minimum Gasteiger partial charge on any atom is -0.496 e. The number of benzene rings is 2. The van der Waals surface area contributed by atoms with Crippen molar-refractivity contribution >= 4 is 45.9 Å². The summed E-state index contributed by atoms with van der Waals surface area (Å²) in [6.45, 7) is 2.81. The third-order valence-corrected chi connectivity index (χ3v) is 9.42. The van der Waals surface area contributed by atoms with Gasteiger partial charge in [0.1, 0.15) is 23.4 Å². The summed E-state index contributed by atoms with van der Waals surface area (Å²) in [5.74, 6) is -0.254. The van der Waals surface area contributed by atoms with Gasteiger partial charge in [-0.3, -0.25) is 34.2 Å². The first kappa shape index (κ1) is 38.9. The predicted octanol–water partition coefficient (Wildman–Crippen LogP) is 2.64. The molecule has 4 heterocycles. The fourth-order valence-corrected chi connectivity index (χ4v) is 6.79. The molecule has 1 fully saturated rings. The quantitative estimate of drug-likeness (QED) is 0.106. The van der Waals surface area contributed by atoms with E-state index in [1.807, 2.05) is 37.2 Å². The summed E-state index contributed by atoms with van der Waals surface area (Å²) >= 11 is 0. The molecule has 16 nitrogen and oxygen atoms in total. The molecule has 0 radical (unpaired) electrons. The van der Waals surface area contributed by atoms with Crippen molar-refractivity contribution in [2.75, 3.05) is 78.5 Å². The Hall–Kier alpha value is -5.84. The van der Waals surface area contributed by atoms with Crippen LogP contribution in [-0.4, -0.2) is 117 Å². The topological polar surface area (TPSA) is 183 Å².